The minimum absolute atomic E-state index is 0.281. The summed E-state index contributed by atoms with van der Waals surface area (Å²) in [4.78, 5) is 0. The first-order chi connectivity index (χ1) is 9.06. The predicted molar refractivity (Wildman–Crippen MR) is 76.1 cm³/mol. The lowest BCUT2D eigenvalue weighted by atomic mass is 9.99. The number of hydrogen-bond donors (Lipinski definition) is 1. The van der Waals surface area contributed by atoms with Crippen molar-refractivity contribution in [1.82, 2.24) is 24.9 Å². The average Bonchev–Trinajstić information content (AvgIpc) is 2.93. The van der Waals surface area contributed by atoms with Gasteiger partial charge in [0.2, 0.25) is 0 Å². The molecular weight excluding hydrogens is 238 g/mol. The largest absolute Gasteiger partial charge is 0.313 e. The van der Waals surface area contributed by atoms with Crippen molar-refractivity contribution in [2.75, 3.05) is 7.05 Å². The van der Waals surface area contributed by atoms with Gasteiger partial charge in [-0.1, -0.05) is 0 Å². The molecule has 2 aromatic rings. The zero-order chi connectivity index (χ0) is 14.0. The van der Waals surface area contributed by atoms with Crippen molar-refractivity contribution in [3.63, 3.8) is 0 Å². The van der Waals surface area contributed by atoms with Crippen LogP contribution < -0.4 is 5.32 Å². The van der Waals surface area contributed by atoms with Crippen LogP contribution in [-0.2, 0) is 20.0 Å². The van der Waals surface area contributed by atoms with Crippen LogP contribution in [0, 0.1) is 13.8 Å². The van der Waals surface area contributed by atoms with Gasteiger partial charge in [0, 0.05) is 37.1 Å². The SMILES string of the molecule is CCn1cc(CC(NC)c2c(C)nn(C)c2C)cn1. The minimum atomic E-state index is 0.281. The topological polar surface area (TPSA) is 47.7 Å². The normalized spacial score (nSPS) is 12.9. The molecule has 1 unspecified atom stereocenters. The summed E-state index contributed by atoms with van der Waals surface area (Å²) in [6.07, 6.45) is 5.00. The number of nitrogens with zero attached hydrogens (tertiary/aromatic N) is 4. The van der Waals surface area contributed by atoms with Crippen LogP contribution in [0.5, 0.6) is 0 Å². The molecule has 0 fully saturated rings. The summed E-state index contributed by atoms with van der Waals surface area (Å²) in [5.41, 5.74) is 4.88. The van der Waals surface area contributed by atoms with Crippen LogP contribution in [0.2, 0.25) is 0 Å². The molecule has 5 nitrogen and oxygen atoms in total. The lowest BCUT2D eigenvalue weighted by Crippen LogP contribution is -2.20. The van der Waals surface area contributed by atoms with Crippen LogP contribution in [0.4, 0.5) is 0 Å². The zero-order valence-electron chi connectivity index (χ0n) is 12.4. The van der Waals surface area contributed by atoms with E-state index in [1.165, 1.54) is 16.8 Å². The lowest BCUT2D eigenvalue weighted by molar-refractivity contribution is 0.583. The van der Waals surface area contributed by atoms with Crippen molar-refractivity contribution in [2.24, 2.45) is 7.05 Å². The quantitative estimate of drug-likeness (QED) is 0.892. The average molecular weight is 261 g/mol. The van der Waals surface area contributed by atoms with Crippen LogP contribution >= 0.6 is 0 Å². The summed E-state index contributed by atoms with van der Waals surface area (Å²) in [6, 6.07) is 0.281. The fourth-order valence-corrected chi connectivity index (χ4v) is 2.56. The van der Waals surface area contributed by atoms with Gasteiger partial charge in [0.05, 0.1) is 11.9 Å². The molecule has 1 atom stereocenters. The van der Waals surface area contributed by atoms with Crippen molar-refractivity contribution in [2.45, 2.75) is 39.8 Å². The Labute approximate surface area is 114 Å². The van der Waals surface area contributed by atoms with Crippen LogP contribution in [0.25, 0.3) is 0 Å². The standard InChI is InChI=1S/C14H23N5/c1-6-19-9-12(8-16-19)7-13(15-4)14-10(2)17-18(5)11(14)3/h8-9,13,15H,6-7H2,1-5H3. The number of hydrogen-bond acceptors (Lipinski definition) is 3. The monoisotopic (exact) mass is 261 g/mol. The molecule has 19 heavy (non-hydrogen) atoms. The maximum atomic E-state index is 4.50. The maximum absolute atomic E-state index is 4.50. The van der Waals surface area contributed by atoms with E-state index in [0.717, 1.165) is 18.7 Å². The number of rotatable bonds is 5. The second-order valence-corrected chi connectivity index (χ2v) is 4.96. The fourth-order valence-electron chi connectivity index (χ4n) is 2.56. The molecule has 0 saturated heterocycles. The third-order valence-electron chi connectivity index (χ3n) is 3.71. The Morgan fingerprint density at radius 3 is 2.58 bits per heavy atom. The Bertz CT molecular complexity index is 552. The summed E-state index contributed by atoms with van der Waals surface area (Å²) in [5, 5.41) is 12.2. The highest BCUT2D eigenvalue weighted by molar-refractivity contribution is 5.29. The number of aryl methyl sites for hydroxylation is 3. The van der Waals surface area contributed by atoms with Crippen molar-refractivity contribution in [3.05, 3.63) is 34.9 Å². The fraction of sp³-hybridized carbons (Fsp3) is 0.571. The third kappa shape index (κ3) is 2.71. The van der Waals surface area contributed by atoms with Gasteiger partial charge in [0.25, 0.3) is 0 Å². The summed E-state index contributed by atoms with van der Waals surface area (Å²) < 4.78 is 3.91. The molecule has 0 spiro atoms. The zero-order valence-corrected chi connectivity index (χ0v) is 12.4. The molecular formula is C14H23N5. The molecule has 104 valence electrons. The smallest absolute Gasteiger partial charge is 0.0644 e. The molecule has 1 N–H and O–H groups in total. The van der Waals surface area contributed by atoms with Gasteiger partial charge in [-0.05, 0) is 39.8 Å². The second kappa shape index (κ2) is 5.57. The van der Waals surface area contributed by atoms with Gasteiger partial charge in [0.1, 0.15) is 0 Å². The number of aromatic nitrogens is 4. The van der Waals surface area contributed by atoms with Crippen LogP contribution in [0.1, 0.15) is 35.5 Å². The van der Waals surface area contributed by atoms with Gasteiger partial charge in [-0.25, -0.2) is 0 Å². The first-order valence-corrected chi connectivity index (χ1v) is 6.75. The highest BCUT2D eigenvalue weighted by Gasteiger charge is 2.19. The van der Waals surface area contributed by atoms with E-state index in [0.29, 0.717) is 0 Å². The van der Waals surface area contributed by atoms with Crippen LogP contribution in [0.15, 0.2) is 12.4 Å². The summed E-state index contributed by atoms with van der Waals surface area (Å²) >= 11 is 0. The highest BCUT2D eigenvalue weighted by Crippen LogP contribution is 2.24. The van der Waals surface area contributed by atoms with Gasteiger partial charge >= 0.3 is 0 Å². The highest BCUT2D eigenvalue weighted by atomic mass is 15.3. The molecule has 2 heterocycles. The lowest BCUT2D eigenvalue weighted by Gasteiger charge is -2.16. The molecule has 0 aliphatic heterocycles. The Morgan fingerprint density at radius 1 is 1.37 bits per heavy atom. The van der Waals surface area contributed by atoms with E-state index in [1.54, 1.807) is 0 Å². The number of nitrogens with one attached hydrogen (secondary N) is 1. The Balaban J connectivity index is 2.24. The van der Waals surface area contributed by atoms with E-state index in [9.17, 15) is 0 Å². The molecule has 0 bridgehead atoms. The van der Waals surface area contributed by atoms with Crippen LogP contribution in [-0.4, -0.2) is 26.6 Å². The van der Waals surface area contributed by atoms with Crippen molar-refractivity contribution in [3.8, 4) is 0 Å². The van der Waals surface area contributed by atoms with Crippen molar-refractivity contribution < 1.29 is 0 Å². The molecule has 0 aliphatic carbocycles. The molecule has 0 aliphatic rings. The van der Waals surface area contributed by atoms with E-state index >= 15 is 0 Å². The second-order valence-electron chi connectivity index (χ2n) is 4.96. The molecule has 0 aromatic carbocycles. The Hall–Kier alpha value is -1.62. The Kier molecular flexibility index (Phi) is 4.04. The van der Waals surface area contributed by atoms with E-state index < -0.39 is 0 Å². The molecule has 0 radical (unpaired) electrons. The van der Waals surface area contributed by atoms with E-state index in [1.807, 2.05) is 29.7 Å². The minimum Gasteiger partial charge on any atom is -0.313 e. The van der Waals surface area contributed by atoms with Gasteiger partial charge in [-0.2, -0.15) is 10.2 Å². The van der Waals surface area contributed by atoms with E-state index in [2.05, 4.69) is 42.5 Å². The molecule has 0 saturated carbocycles. The summed E-state index contributed by atoms with van der Waals surface area (Å²) in [6.45, 7) is 7.20. The van der Waals surface area contributed by atoms with Crippen molar-refractivity contribution >= 4 is 0 Å². The van der Waals surface area contributed by atoms with E-state index in [4.69, 9.17) is 0 Å². The van der Waals surface area contributed by atoms with Crippen molar-refractivity contribution in [1.29, 1.82) is 0 Å². The predicted octanol–water partition coefficient (Wildman–Crippen LogP) is 1.76. The number of likely N-dealkylation sites (N-methyl/N-ethyl adjacent to an activating group) is 1. The maximum Gasteiger partial charge on any atom is 0.0644 e. The molecule has 2 aromatic heterocycles. The van der Waals surface area contributed by atoms with Gasteiger partial charge in [-0.15, -0.1) is 0 Å². The van der Waals surface area contributed by atoms with E-state index in [-0.39, 0.29) is 6.04 Å². The summed E-state index contributed by atoms with van der Waals surface area (Å²) in [5.74, 6) is 0. The summed E-state index contributed by atoms with van der Waals surface area (Å²) in [7, 11) is 3.99. The third-order valence-corrected chi connectivity index (χ3v) is 3.71. The molecule has 2 rings (SSSR count). The van der Waals surface area contributed by atoms with Gasteiger partial charge in [-0.3, -0.25) is 9.36 Å². The first kappa shape index (κ1) is 13.8. The molecule has 5 heteroatoms. The Morgan fingerprint density at radius 2 is 2.11 bits per heavy atom. The van der Waals surface area contributed by atoms with Gasteiger partial charge in [0.15, 0.2) is 0 Å². The molecule has 0 amide bonds. The first-order valence-electron chi connectivity index (χ1n) is 6.75. The van der Waals surface area contributed by atoms with Crippen LogP contribution in [0.3, 0.4) is 0 Å². The van der Waals surface area contributed by atoms with Gasteiger partial charge < -0.3 is 5.32 Å².